The van der Waals surface area contributed by atoms with E-state index in [1.807, 2.05) is 18.2 Å². The Bertz CT molecular complexity index is 748. The van der Waals surface area contributed by atoms with Gasteiger partial charge in [0, 0.05) is 16.6 Å². The molecule has 0 aliphatic carbocycles. The first-order valence-corrected chi connectivity index (χ1v) is 5.55. The zero-order valence-electron chi connectivity index (χ0n) is 9.44. The summed E-state index contributed by atoms with van der Waals surface area (Å²) in [5.41, 5.74) is 3.37. The molecule has 1 N–H and O–H groups in total. The van der Waals surface area contributed by atoms with Gasteiger partial charge in [0.25, 0.3) is 0 Å². The zero-order chi connectivity index (χ0) is 12.5. The molecule has 0 radical (unpaired) electrons. The summed E-state index contributed by atoms with van der Waals surface area (Å²) in [5, 5.41) is 9.88. The third-order valence-electron chi connectivity index (χ3n) is 2.91. The van der Waals surface area contributed by atoms with E-state index in [-0.39, 0.29) is 5.82 Å². The molecule has 1 heterocycles. The molecule has 0 atom stereocenters. The van der Waals surface area contributed by atoms with Gasteiger partial charge in [0.1, 0.15) is 5.82 Å². The van der Waals surface area contributed by atoms with Crippen molar-refractivity contribution < 1.29 is 4.39 Å². The Hall–Kier alpha value is -2.60. The van der Waals surface area contributed by atoms with Crippen LogP contribution in [0.15, 0.2) is 48.5 Å². The lowest BCUT2D eigenvalue weighted by Gasteiger charge is -1.96. The number of H-pyrrole nitrogens is 1. The van der Waals surface area contributed by atoms with Crippen LogP contribution in [0, 0.1) is 17.1 Å². The van der Waals surface area contributed by atoms with Crippen LogP contribution >= 0.6 is 0 Å². The van der Waals surface area contributed by atoms with Gasteiger partial charge in [-0.25, -0.2) is 4.39 Å². The van der Waals surface area contributed by atoms with E-state index in [0.29, 0.717) is 5.56 Å². The van der Waals surface area contributed by atoms with E-state index in [4.69, 9.17) is 5.26 Å². The van der Waals surface area contributed by atoms with Gasteiger partial charge in [-0.3, -0.25) is 0 Å². The minimum absolute atomic E-state index is 0.248. The highest BCUT2D eigenvalue weighted by Crippen LogP contribution is 2.24. The summed E-state index contributed by atoms with van der Waals surface area (Å²) in [7, 11) is 0. The molecule has 2 nitrogen and oxygen atoms in total. The van der Waals surface area contributed by atoms with Crippen molar-refractivity contribution >= 4 is 10.9 Å². The van der Waals surface area contributed by atoms with Crippen LogP contribution in [0.3, 0.4) is 0 Å². The van der Waals surface area contributed by atoms with Crippen LogP contribution in [-0.4, -0.2) is 4.98 Å². The molecular weight excluding hydrogens is 227 g/mol. The highest BCUT2D eigenvalue weighted by Gasteiger charge is 2.04. The van der Waals surface area contributed by atoms with E-state index in [9.17, 15) is 4.39 Å². The number of rotatable bonds is 1. The lowest BCUT2D eigenvalue weighted by Crippen LogP contribution is -1.78. The molecule has 0 unspecified atom stereocenters. The smallest absolute Gasteiger partial charge is 0.123 e. The van der Waals surface area contributed by atoms with Gasteiger partial charge in [-0.05, 0) is 48.0 Å². The quantitative estimate of drug-likeness (QED) is 0.685. The van der Waals surface area contributed by atoms with E-state index in [0.717, 1.165) is 22.2 Å². The maximum absolute atomic E-state index is 12.9. The van der Waals surface area contributed by atoms with Crippen molar-refractivity contribution in [1.29, 1.82) is 5.26 Å². The topological polar surface area (TPSA) is 39.6 Å². The first-order chi connectivity index (χ1) is 8.76. The number of aromatic amines is 1. The van der Waals surface area contributed by atoms with Crippen molar-refractivity contribution in [3.63, 3.8) is 0 Å². The van der Waals surface area contributed by atoms with Crippen LogP contribution in [0.5, 0.6) is 0 Å². The van der Waals surface area contributed by atoms with Gasteiger partial charge >= 0.3 is 0 Å². The van der Waals surface area contributed by atoms with Gasteiger partial charge < -0.3 is 4.98 Å². The lowest BCUT2D eigenvalue weighted by atomic mass is 10.1. The van der Waals surface area contributed by atoms with Crippen molar-refractivity contribution in [2.24, 2.45) is 0 Å². The van der Waals surface area contributed by atoms with Crippen LogP contribution < -0.4 is 0 Å². The molecule has 2 aromatic carbocycles. The maximum Gasteiger partial charge on any atom is 0.123 e. The third-order valence-corrected chi connectivity index (χ3v) is 2.91. The SMILES string of the molecule is N#Cc1ccc2cc(-c3ccc(F)cc3)[nH]c2c1. The highest BCUT2D eigenvalue weighted by atomic mass is 19.1. The third kappa shape index (κ3) is 1.74. The van der Waals surface area contributed by atoms with Gasteiger partial charge in [-0.1, -0.05) is 6.07 Å². The van der Waals surface area contributed by atoms with Crippen LogP contribution in [0.1, 0.15) is 5.56 Å². The molecular formula is C15H9FN2. The summed E-state index contributed by atoms with van der Waals surface area (Å²) in [6.45, 7) is 0. The minimum Gasteiger partial charge on any atom is -0.354 e. The van der Waals surface area contributed by atoms with Crippen LogP contribution in [0.2, 0.25) is 0 Å². The molecule has 1 aromatic heterocycles. The average molecular weight is 236 g/mol. The summed E-state index contributed by atoms with van der Waals surface area (Å²) in [5.74, 6) is -0.248. The Balaban J connectivity index is 2.13. The van der Waals surface area contributed by atoms with E-state index >= 15 is 0 Å². The van der Waals surface area contributed by atoms with Crippen molar-refractivity contribution in [2.45, 2.75) is 0 Å². The van der Waals surface area contributed by atoms with Gasteiger partial charge in [0.05, 0.1) is 11.6 Å². The number of hydrogen-bond acceptors (Lipinski definition) is 1. The molecule has 0 fully saturated rings. The Kier molecular flexibility index (Phi) is 2.35. The molecule has 0 spiro atoms. The van der Waals surface area contributed by atoms with E-state index < -0.39 is 0 Å². The molecule has 86 valence electrons. The van der Waals surface area contributed by atoms with E-state index in [1.54, 1.807) is 18.2 Å². The van der Waals surface area contributed by atoms with Crippen LogP contribution in [-0.2, 0) is 0 Å². The van der Waals surface area contributed by atoms with Crippen molar-refractivity contribution in [3.8, 4) is 17.3 Å². The number of nitriles is 1. The monoisotopic (exact) mass is 236 g/mol. The summed E-state index contributed by atoms with van der Waals surface area (Å²) < 4.78 is 12.9. The number of nitrogens with one attached hydrogen (secondary N) is 1. The fraction of sp³-hybridized carbons (Fsp3) is 0. The molecule has 3 aromatic rings. The predicted octanol–water partition coefficient (Wildman–Crippen LogP) is 3.85. The molecule has 0 saturated heterocycles. The summed E-state index contributed by atoms with van der Waals surface area (Å²) in [4.78, 5) is 3.23. The normalized spacial score (nSPS) is 10.4. The number of fused-ring (bicyclic) bond motifs is 1. The van der Waals surface area contributed by atoms with E-state index in [2.05, 4.69) is 11.1 Å². The Labute approximate surface area is 103 Å². The number of benzene rings is 2. The molecule has 0 bridgehead atoms. The van der Waals surface area contributed by atoms with Gasteiger partial charge in [0.15, 0.2) is 0 Å². The standard InChI is InChI=1S/C15H9FN2/c16-13-5-3-11(4-6-13)15-8-12-2-1-10(9-17)7-14(12)18-15/h1-8,18H. The first kappa shape index (κ1) is 10.5. The molecule has 18 heavy (non-hydrogen) atoms. The zero-order valence-corrected chi connectivity index (χ0v) is 9.44. The molecule has 3 rings (SSSR count). The fourth-order valence-electron chi connectivity index (χ4n) is 1.98. The van der Waals surface area contributed by atoms with Crippen molar-refractivity contribution in [3.05, 3.63) is 59.9 Å². The van der Waals surface area contributed by atoms with Gasteiger partial charge in [-0.2, -0.15) is 5.26 Å². The van der Waals surface area contributed by atoms with Crippen molar-refractivity contribution in [1.82, 2.24) is 4.98 Å². The number of aromatic nitrogens is 1. The van der Waals surface area contributed by atoms with Gasteiger partial charge in [-0.15, -0.1) is 0 Å². The summed E-state index contributed by atoms with van der Waals surface area (Å²) in [6.07, 6.45) is 0. The Morgan fingerprint density at radius 2 is 1.78 bits per heavy atom. The molecule has 0 saturated carbocycles. The van der Waals surface area contributed by atoms with Gasteiger partial charge in [0.2, 0.25) is 0 Å². The molecule has 3 heteroatoms. The predicted molar refractivity (Wildman–Crippen MR) is 68.4 cm³/mol. The second-order valence-electron chi connectivity index (χ2n) is 4.10. The molecule has 0 aliphatic rings. The van der Waals surface area contributed by atoms with Crippen LogP contribution in [0.4, 0.5) is 4.39 Å². The summed E-state index contributed by atoms with van der Waals surface area (Å²) >= 11 is 0. The number of halogens is 1. The number of nitrogens with zero attached hydrogens (tertiary/aromatic N) is 1. The highest BCUT2D eigenvalue weighted by molar-refractivity contribution is 5.86. The minimum atomic E-state index is -0.248. The average Bonchev–Trinajstić information content (AvgIpc) is 2.82. The maximum atomic E-state index is 12.9. The molecule has 0 amide bonds. The molecule has 0 aliphatic heterocycles. The first-order valence-electron chi connectivity index (χ1n) is 5.55. The van der Waals surface area contributed by atoms with E-state index in [1.165, 1.54) is 12.1 Å². The largest absolute Gasteiger partial charge is 0.354 e. The number of hydrogen-bond donors (Lipinski definition) is 1. The summed E-state index contributed by atoms with van der Waals surface area (Å²) in [6, 6.07) is 15.9. The second-order valence-corrected chi connectivity index (χ2v) is 4.10. The van der Waals surface area contributed by atoms with Crippen molar-refractivity contribution in [2.75, 3.05) is 0 Å². The van der Waals surface area contributed by atoms with Crippen LogP contribution in [0.25, 0.3) is 22.2 Å². The Morgan fingerprint density at radius 1 is 1.00 bits per heavy atom. The second kappa shape index (κ2) is 4.01. The fourth-order valence-corrected chi connectivity index (χ4v) is 1.98. The Morgan fingerprint density at radius 3 is 2.50 bits per heavy atom. The lowest BCUT2D eigenvalue weighted by molar-refractivity contribution is 0.628.